The second kappa shape index (κ2) is 6.49. The van der Waals surface area contributed by atoms with E-state index in [9.17, 15) is 14.4 Å². The van der Waals surface area contributed by atoms with E-state index in [0.717, 1.165) is 9.80 Å². The van der Waals surface area contributed by atoms with Crippen LogP contribution in [0.3, 0.4) is 0 Å². The lowest BCUT2D eigenvalue weighted by Gasteiger charge is -2.17. The van der Waals surface area contributed by atoms with E-state index in [-0.39, 0.29) is 24.0 Å². The lowest BCUT2D eigenvalue weighted by molar-refractivity contribution is -0.121. The Kier molecular flexibility index (Phi) is 4.40. The molecular formula is C18H16N2O3S. The van der Waals surface area contributed by atoms with Crippen LogP contribution in [-0.2, 0) is 9.59 Å². The third kappa shape index (κ3) is 2.92. The SMILES string of the molecule is CC(=O)c1ccccc1N1C(=O)C[C@@H](Sc2ccccc2N)C1=O. The van der Waals surface area contributed by atoms with Crippen molar-refractivity contribution in [2.45, 2.75) is 23.5 Å². The van der Waals surface area contributed by atoms with Gasteiger partial charge in [0.2, 0.25) is 11.8 Å². The zero-order valence-electron chi connectivity index (χ0n) is 13.1. The van der Waals surface area contributed by atoms with E-state index in [2.05, 4.69) is 0 Å². The molecule has 0 saturated carbocycles. The van der Waals surface area contributed by atoms with Gasteiger partial charge in [-0.3, -0.25) is 14.4 Å². The fourth-order valence-corrected chi connectivity index (χ4v) is 3.76. The molecule has 2 aromatic carbocycles. The van der Waals surface area contributed by atoms with Crippen LogP contribution in [0.1, 0.15) is 23.7 Å². The predicted octanol–water partition coefficient (Wildman–Crippen LogP) is 2.90. The standard InChI is InChI=1S/C18H16N2O3S/c1-11(21)12-6-2-4-8-14(12)20-17(22)10-16(18(20)23)24-15-9-5-3-7-13(15)19/h2-9,16H,10,19H2,1H3/t16-/m1/s1. The molecule has 0 spiro atoms. The first kappa shape index (κ1) is 16.3. The Morgan fingerprint density at radius 1 is 1.12 bits per heavy atom. The number of carbonyl (C=O) groups excluding carboxylic acids is 3. The molecule has 1 aliphatic heterocycles. The van der Waals surface area contributed by atoms with Crippen LogP contribution < -0.4 is 10.6 Å². The summed E-state index contributed by atoms with van der Waals surface area (Å²) >= 11 is 1.28. The van der Waals surface area contributed by atoms with Crippen LogP contribution >= 0.6 is 11.8 Å². The molecule has 2 amide bonds. The highest BCUT2D eigenvalue weighted by Crippen LogP contribution is 2.37. The summed E-state index contributed by atoms with van der Waals surface area (Å²) < 4.78 is 0. The van der Waals surface area contributed by atoms with Crippen molar-refractivity contribution in [3.05, 3.63) is 54.1 Å². The largest absolute Gasteiger partial charge is 0.398 e. The third-order valence-electron chi connectivity index (χ3n) is 3.82. The van der Waals surface area contributed by atoms with Crippen molar-refractivity contribution in [3.8, 4) is 0 Å². The van der Waals surface area contributed by atoms with Crippen LogP contribution in [0.15, 0.2) is 53.4 Å². The number of hydrogen-bond acceptors (Lipinski definition) is 5. The van der Waals surface area contributed by atoms with Crippen molar-refractivity contribution in [1.82, 2.24) is 0 Å². The van der Waals surface area contributed by atoms with Crippen molar-refractivity contribution in [2.75, 3.05) is 10.6 Å². The van der Waals surface area contributed by atoms with Gasteiger partial charge in [0.05, 0.1) is 10.9 Å². The van der Waals surface area contributed by atoms with Gasteiger partial charge in [-0.1, -0.05) is 24.3 Å². The van der Waals surface area contributed by atoms with Gasteiger partial charge in [0.15, 0.2) is 5.78 Å². The maximum atomic E-state index is 12.7. The molecule has 5 nitrogen and oxygen atoms in total. The number of anilines is 2. The van der Waals surface area contributed by atoms with Crippen molar-refractivity contribution >= 4 is 40.7 Å². The summed E-state index contributed by atoms with van der Waals surface area (Å²) in [7, 11) is 0. The smallest absolute Gasteiger partial charge is 0.247 e. The Balaban J connectivity index is 1.90. The highest BCUT2D eigenvalue weighted by Gasteiger charge is 2.41. The van der Waals surface area contributed by atoms with Gasteiger partial charge in [-0.05, 0) is 31.2 Å². The normalized spacial score (nSPS) is 17.4. The maximum Gasteiger partial charge on any atom is 0.247 e. The highest BCUT2D eigenvalue weighted by molar-refractivity contribution is 8.00. The molecule has 0 radical (unpaired) electrons. The van der Waals surface area contributed by atoms with Crippen LogP contribution in [0.2, 0.25) is 0 Å². The first-order valence-electron chi connectivity index (χ1n) is 7.47. The first-order valence-corrected chi connectivity index (χ1v) is 8.35. The zero-order valence-corrected chi connectivity index (χ0v) is 13.9. The number of ketones is 1. The molecule has 1 fully saturated rings. The van der Waals surface area contributed by atoms with Gasteiger partial charge in [-0.25, -0.2) is 4.90 Å². The average molecular weight is 340 g/mol. The second-order valence-corrected chi connectivity index (χ2v) is 6.73. The van der Waals surface area contributed by atoms with E-state index in [1.165, 1.54) is 18.7 Å². The highest BCUT2D eigenvalue weighted by atomic mass is 32.2. The molecule has 0 unspecified atom stereocenters. The van der Waals surface area contributed by atoms with Crippen molar-refractivity contribution in [2.24, 2.45) is 0 Å². The minimum atomic E-state index is -0.540. The van der Waals surface area contributed by atoms with Gasteiger partial charge in [-0.15, -0.1) is 11.8 Å². The molecule has 0 aromatic heterocycles. The summed E-state index contributed by atoms with van der Waals surface area (Å²) in [6.07, 6.45) is 0.0874. The summed E-state index contributed by atoms with van der Waals surface area (Å²) in [4.78, 5) is 38.8. The minimum absolute atomic E-state index is 0.0874. The van der Waals surface area contributed by atoms with Crippen LogP contribution in [0.4, 0.5) is 11.4 Å². The monoisotopic (exact) mass is 340 g/mol. The van der Waals surface area contributed by atoms with Crippen molar-refractivity contribution in [3.63, 3.8) is 0 Å². The first-order chi connectivity index (χ1) is 11.5. The van der Waals surface area contributed by atoms with Crippen LogP contribution in [0.25, 0.3) is 0 Å². The number of thioether (sulfide) groups is 1. The van der Waals surface area contributed by atoms with Crippen LogP contribution in [-0.4, -0.2) is 22.8 Å². The number of nitrogens with two attached hydrogens (primary N) is 1. The second-order valence-electron chi connectivity index (χ2n) is 5.49. The lowest BCUT2D eigenvalue weighted by atomic mass is 10.1. The summed E-state index contributed by atoms with van der Waals surface area (Å²) in [5.74, 6) is -0.808. The zero-order chi connectivity index (χ0) is 17.3. The number of rotatable bonds is 4. The Labute approximate surface area is 143 Å². The topological polar surface area (TPSA) is 80.5 Å². The molecular weight excluding hydrogens is 324 g/mol. The van der Waals surface area contributed by atoms with E-state index in [1.54, 1.807) is 30.3 Å². The molecule has 0 bridgehead atoms. The van der Waals surface area contributed by atoms with E-state index in [0.29, 0.717) is 16.9 Å². The Bertz CT molecular complexity index is 835. The molecule has 0 aliphatic carbocycles. The molecule has 3 rings (SSSR count). The van der Waals surface area contributed by atoms with E-state index >= 15 is 0 Å². The quantitative estimate of drug-likeness (QED) is 0.526. The predicted molar refractivity (Wildman–Crippen MR) is 94.1 cm³/mol. The van der Waals surface area contributed by atoms with E-state index in [1.807, 2.05) is 18.2 Å². The number of nitrogens with zero attached hydrogens (tertiary/aromatic N) is 1. The number of Topliss-reactive ketones (excluding diaryl/α,β-unsaturated/α-hetero) is 1. The molecule has 1 atom stereocenters. The number of hydrogen-bond donors (Lipinski definition) is 1. The molecule has 1 saturated heterocycles. The van der Waals surface area contributed by atoms with Crippen molar-refractivity contribution < 1.29 is 14.4 Å². The van der Waals surface area contributed by atoms with Gasteiger partial charge in [0.1, 0.15) is 0 Å². The number of amides is 2. The maximum absolute atomic E-state index is 12.7. The average Bonchev–Trinajstić information content (AvgIpc) is 2.83. The van der Waals surface area contributed by atoms with Crippen molar-refractivity contribution in [1.29, 1.82) is 0 Å². The minimum Gasteiger partial charge on any atom is -0.398 e. The fraction of sp³-hybridized carbons (Fsp3) is 0.167. The Morgan fingerprint density at radius 3 is 2.50 bits per heavy atom. The van der Waals surface area contributed by atoms with Gasteiger partial charge in [0, 0.05) is 22.6 Å². The van der Waals surface area contributed by atoms with Gasteiger partial charge in [0.25, 0.3) is 0 Å². The Morgan fingerprint density at radius 2 is 1.79 bits per heavy atom. The number of nitrogen functional groups attached to an aromatic ring is 1. The molecule has 2 N–H and O–H groups in total. The van der Waals surface area contributed by atoms with Crippen LogP contribution in [0.5, 0.6) is 0 Å². The Hall–Kier alpha value is -2.60. The number of benzene rings is 2. The molecule has 1 aliphatic rings. The van der Waals surface area contributed by atoms with E-state index in [4.69, 9.17) is 5.73 Å². The molecule has 6 heteroatoms. The summed E-state index contributed by atoms with van der Waals surface area (Å²) in [6, 6.07) is 13.9. The van der Waals surface area contributed by atoms with E-state index < -0.39 is 5.25 Å². The number of carbonyl (C=O) groups is 3. The number of imide groups is 1. The summed E-state index contributed by atoms with van der Waals surface area (Å²) in [5.41, 5.74) is 7.20. The fourth-order valence-electron chi connectivity index (χ4n) is 2.66. The van der Waals surface area contributed by atoms with Gasteiger partial charge >= 0.3 is 0 Å². The molecule has 24 heavy (non-hydrogen) atoms. The molecule has 1 heterocycles. The summed E-state index contributed by atoms with van der Waals surface area (Å²) in [5, 5.41) is -0.540. The van der Waals surface area contributed by atoms with Gasteiger partial charge < -0.3 is 5.73 Å². The summed E-state index contributed by atoms with van der Waals surface area (Å²) in [6.45, 7) is 1.42. The lowest BCUT2D eigenvalue weighted by Crippen LogP contribution is -2.32. The third-order valence-corrected chi connectivity index (χ3v) is 5.10. The molecule has 2 aromatic rings. The van der Waals surface area contributed by atoms with Crippen LogP contribution in [0, 0.1) is 0 Å². The number of para-hydroxylation sites is 2. The molecule has 122 valence electrons. The van der Waals surface area contributed by atoms with Gasteiger partial charge in [-0.2, -0.15) is 0 Å².